The quantitative estimate of drug-likeness (QED) is 0.372. The van der Waals surface area contributed by atoms with E-state index in [4.69, 9.17) is 9.47 Å². The summed E-state index contributed by atoms with van der Waals surface area (Å²) in [6.07, 6.45) is 1.33. The Bertz CT molecular complexity index is 1420. The Labute approximate surface area is 211 Å². The van der Waals surface area contributed by atoms with Gasteiger partial charge in [0.2, 0.25) is 5.91 Å². The first-order chi connectivity index (χ1) is 17.7. The highest BCUT2D eigenvalue weighted by molar-refractivity contribution is 6.39. The fraction of sp³-hybridized carbons (Fsp3) is 0.111. The molecule has 0 aliphatic carbocycles. The van der Waals surface area contributed by atoms with Crippen LogP contribution >= 0.6 is 0 Å². The van der Waals surface area contributed by atoms with E-state index in [1.807, 2.05) is 0 Å². The van der Waals surface area contributed by atoms with Crippen molar-refractivity contribution in [3.05, 3.63) is 89.2 Å². The van der Waals surface area contributed by atoms with Gasteiger partial charge in [-0.3, -0.25) is 19.7 Å². The van der Waals surface area contributed by atoms with Gasteiger partial charge in [-0.1, -0.05) is 12.1 Å². The van der Waals surface area contributed by atoms with E-state index in [1.165, 1.54) is 38.3 Å². The summed E-state index contributed by atoms with van der Waals surface area (Å²) in [6.45, 7) is 1.52. The second-order valence-corrected chi connectivity index (χ2v) is 8.00. The molecule has 9 nitrogen and oxygen atoms in total. The minimum absolute atomic E-state index is 0.00533. The largest absolute Gasteiger partial charge is 0.496 e. The molecule has 0 unspecified atom stereocenters. The van der Waals surface area contributed by atoms with E-state index in [0.29, 0.717) is 33.2 Å². The number of methoxy groups -OCH3 is 1. The van der Waals surface area contributed by atoms with E-state index in [9.17, 15) is 23.6 Å². The van der Waals surface area contributed by atoms with Crippen molar-refractivity contribution in [2.24, 2.45) is 0 Å². The second kappa shape index (κ2) is 10.7. The van der Waals surface area contributed by atoms with Gasteiger partial charge in [-0.15, -0.1) is 0 Å². The highest BCUT2D eigenvalue weighted by Crippen LogP contribution is 2.26. The number of benzene rings is 3. The van der Waals surface area contributed by atoms with Crippen LogP contribution in [0.15, 0.2) is 72.3 Å². The molecular formula is C27H22FN3O6. The molecule has 1 aliphatic heterocycles. The lowest BCUT2D eigenvalue weighted by molar-refractivity contribution is -0.122. The molecule has 2 N–H and O–H groups in total. The van der Waals surface area contributed by atoms with Crippen LogP contribution in [0.3, 0.4) is 0 Å². The summed E-state index contributed by atoms with van der Waals surface area (Å²) < 4.78 is 24.9. The second-order valence-electron chi connectivity index (χ2n) is 8.00. The molecule has 0 bridgehead atoms. The van der Waals surface area contributed by atoms with Gasteiger partial charge in [-0.05, 0) is 66.2 Å². The Balaban J connectivity index is 1.57. The van der Waals surface area contributed by atoms with Crippen molar-refractivity contribution in [2.75, 3.05) is 17.3 Å². The first-order valence-corrected chi connectivity index (χ1v) is 11.1. The molecule has 1 heterocycles. The lowest BCUT2D eigenvalue weighted by atomic mass is 10.0. The van der Waals surface area contributed by atoms with E-state index < -0.39 is 23.7 Å². The van der Waals surface area contributed by atoms with Gasteiger partial charge in [0.05, 0.1) is 12.8 Å². The van der Waals surface area contributed by atoms with Crippen LogP contribution in [0.2, 0.25) is 0 Å². The van der Waals surface area contributed by atoms with Crippen LogP contribution < -0.4 is 25.0 Å². The number of barbiturate groups is 1. The fourth-order valence-electron chi connectivity index (χ4n) is 3.67. The van der Waals surface area contributed by atoms with Crippen LogP contribution in [0.4, 0.5) is 20.6 Å². The molecule has 4 rings (SSSR count). The number of hydrogen-bond donors (Lipinski definition) is 2. The zero-order chi connectivity index (χ0) is 26.5. The SMILES string of the molecule is COc1ccc(/C=C2/C(=O)NC(=O)N(c3cccc(F)c3)C2=O)cc1COc1ccc(NC(C)=O)cc1. The van der Waals surface area contributed by atoms with Gasteiger partial charge in [-0.25, -0.2) is 14.1 Å². The molecule has 0 saturated carbocycles. The number of nitrogens with one attached hydrogen (secondary N) is 2. The number of carbonyl (C=O) groups excluding carboxylic acids is 4. The van der Waals surface area contributed by atoms with E-state index in [0.717, 1.165) is 6.07 Å². The molecule has 5 amide bonds. The molecule has 1 saturated heterocycles. The summed E-state index contributed by atoms with van der Waals surface area (Å²) in [5.41, 5.74) is 1.44. The number of hydrogen-bond acceptors (Lipinski definition) is 6. The molecule has 3 aromatic carbocycles. The minimum atomic E-state index is -0.967. The third-order valence-corrected chi connectivity index (χ3v) is 5.35. The average Bonchev–Trinajstić information content (AvgIpc) is 2.86. The van der Waals surface area contributed by atoms with Gasteiger partial charge in [-0.2, -0.15) is 0 Å². The standard InChI is InChI=1S/C27H22FN3O6/c1-16(32)29-20-7-9-22(10-8-20)37-15-18-12-17(6-11-24(18)36-2)13-23-25(33)30-27(35)31(26(23)34)21-5-3-4-19(28)14-21/h3-14H,15H2,1-2H3,(H,29,32)(H,30,33,35)/b23-13-. The zero-order valence-electron chi connectivity index (χ0n) is 19.9. The number of anilines is 2. The van der Waals surface area contributed by atoms with Gasteiger partial charge < -0.3 is 14.8 Å². The molecule has 10 heteroatoms. The van der Waals surface area contributed by atoms with Crippen LogP contribution in [0.1, 0.15) is 18.1 Å². The summed E-state index contributed by atoms with van der Waals surface area (Å²) in [7, 11) is 1.50. The Morgan fingerprint density at radius 3 is 2.49 bits per heavy atom. The highest BCUT2D eigenvalue weighted by Gasteiger charge is 2.37. The van der Waals surface area contributed by atoms with Crippen LogP contribution in [0.25, 0.3) is 6.08 Å². The van der Waals surface area contributed by atoms with E-state index in [-0.39, 0.29) is 23.8 Å². The highest BCUT2D eigenvalue weighted by atomic mass is 19.1. The normalized spacial score (nSPS) is 14.4. The minimum Gasteiger partial charge on any atom is -0.496 e. The molecule has 3 aromatic rings. The number of nitrogens with zero attached hydrogens (tertiary/aromatic N) is 1. The monoisotopic (exact) mass is 503 g/mol. The summed E-state index contributed by atoms with van der Waals surface area (Å²) in [4.78, 5) is 49.7. The van der Waals surface area contributed by atoms with Crippen LogP contribution in [-0.2, 0) is 21.0 Å². The molecule has 37 heavy (non-hydrogen) atoms. The van der Waals surface area contributed by atoms with Crippen molar-refractivity contribution in [3.63, 3.8) is 0 Å². The van der Waals surface area contributed by atoms with Crippen molar-refractivity contribution in [2.45, 2.75) is 13.5 Å². The van der Waals surface area contributed by atoms with Gasteiger partial charge in [0.15, 0.2) is 0 Å². The molecule has 0 atom stereocenters. The Morgan fingerprint density at radius 1 is 1.05 bits per heavy atom. The number of rotatable bonds is 7. The van der Waals surface area contributed by atoms with Crippen LogP contribution in [0, 0.1) is 5.82 Å². The Morgan fingerprint density at radius 2 is 1.81 bits per heavy atom. The lowest BCUT2D eigenvalue weighted by Gasteiger charge is -2.26. The Hall–Kier alpha value is -4.99. The van der Waals surface area contributed by atoms with Crippen LogP contribution in [0.5, 0.6) is 11.5 Å². The topological polar surface area (TPSA) is 114 Å². The van der Waals surface area contributed by atoms with Crippen molar-refractivity contribution < 1.29 is 33.0 Å². The molecule has 0 radical (unpaired) electrons. The number of halogens is 1. The fourth-order valence-corrected chi connectivity index (χ4v) is 3.67. The van der Waals surface area contributed by atoms with Gasteiger partial charge >= 0.3 is 6.03 Å². The molecule has 188 valence electrons. The lowest BCUT2D eigenvalue weighted by Crippen LogP contribution is -2.54. The van der Waals surface area contributed by atoms with Crippen molar-refractivity contribution in [3.8, 4) is 11.5 Å². The van der Waals surface area contributed by atoms with E-state index in [1.54, 1.807) is 42.5 Å². The average molecular weight is 503 g/mol. The number of urea groups is 1. The van der Waals surface area contributed by atoms with E-state index in [2.05, 4.69) is 10.6 Å². The molecule has 0 spiro atoms. The maximum absolute atomic E-state index is 13.7. The van der Waals surface area contributed by atoms with Crippen molar-refractivity contribution in [1.29, 1.82) is 0 Å². The van der Waals surface area contributed by atoms with Gasteiger partial charge in [0, 0.05) is 18.2 Å². The maximum atomic E-state index is 13.7. The summed E-state index contributed by atoms with van der Waals surface area (Å²) >= 11 is 0. The summed E-state index contributed by atoms with van der Waals surface area (Å²) in [5.74, 6) is -1.50. The third-order valence-electron chi connectivity index (χ3n) is 5.35. The third kappa shape index (κ3) is 5.81. The Kier molecular flexibility index (Phi) is 7.28. The molecule has 0 aromatic heterocycles. The maximum Gasteiger partial charge on any atom is 0.335 e. The summed E-state index contributed by atoms with van der Waals surface area (Å²) in [6, 6.07) is 15.8. The molecular weight excluding hydrogens is 481 g/mol. The van der Waals surface area contributed by atoms with Gasteiger partial charge in [0.1, 0.15) is 29.5 Å². The number of amides is 5. The predicted octanol–water partition coefficient (Wildman–Crippen LogP) is 4.04. The smallest absolute Gasteiger partial charge is 0.335 e. The first-order valence-electron chi connectivity index (χ1n) is 11.1. The number of carbonyl (C=O) groups is 4. The van der Waals surface area contributed by atoms with Gasteiger partial charge in [0.25, 0.3) is 11.8 Å². The molecule has 1 aliphatic rings. The van der Waals surface area contributed by atoms with Crippen molar-refractivity contribution >= 4 is 41.2 Å². The predicted molar refractivity (Wildman–Crippen MR) is 133 cm³/mol. The first kappa shape index (κ1) is 25.1. The zero-order valence-corrected chi connectivity index (χ0v) is 19.9. The molecule has 1 fully saturated rings. The number of imide groups is 2. The van der Waals surface area contributed by atoms with Crippen LogP contribution in [-0.4, -0.2) is 30.9 Å². The van der Waals surface area contributed by atoms with Crippen molar-refractivity contribution in [1.82, 2.24) is 5.32 Å². The van der Waals surface area contributed by atoms with E-state index >= 15 is 0 Å². The number of ether oxygens (including phenoxy) is 2. The summed E-state index contributed by atoms with van der Waals surface area (Å²) in [5, 5.41) is 4.78.